The van der Waals surface area contributed by atoms with Gasteiger partial charge in [0, 0.05) is 6.42 Å². The second kappa shape index (κ2) is 7.08. The summed E-state index contributed by atoms with van der Waals surface area (Å²) >= 11 is 0. The number of rotatable bonds is 6. The maximum atomic E-state index is 11.2. The summed E-state index contributed by atoms with van der Waals surface area (Å²) in [6.07, 6.45) is 2.23. The molecule has 0 spiro atoms. The third-order valence-electron chi connectivity index (χ3n) is 4.03. The number of imidazole rings is 1. The second-order valence-corrected chi connectivity index (χ2v) is 5.71. The number of methoxy groups -OCH3 is 1. The van der Waals surface area contributed by atoms with Crippen molar-refractivity contribution in [1.82, 2.24) is 9.97 Å². The molecule has 0 aliphatic rings. The van der Waals surface area contributed by atoms with Crippen molar-refractivity contribution in [1.29, 1.82) is 0 Å². The van der Waals surface area contributed by atoms with Gasteiger partial charge in [-0.05, 0) is 35.6 Å². The Morgan fingerprint density at radius 2 is 1.79 bits per heavy atom. The molecular formula is C19H20N2O3. The number of ether oxygens (including phenoxy) is 1. The van der Waals surface area contributed by atoms with Crippen LogP contribution < -0.4 is 10.4 Å². The fourth-order valence-corrected chi connectivity index (χ4v) is 2.80. The van der Waals surface area contributed by atoms with Crippen molar-refractivity contribution in [3.8, 4) is 11.6 Å². The number of benzene rings is 2. The third-order valence-corrected chi connectivity index (χ3v) is 4.03. The Balaban J connectivity index is 1.80. The zero-order valence-electron chi connectivity index (χ0n) is 13.5. The van der Waals surface area contributed by atoms with Crippen molar-refractivity contribution >= 4 is 0 Å². The van der Waals surface area contributed by atoms with E-state index < -0.39 is 5.69 Å². The van der Waals surface area contributed by atoms with Crippen LogP contribution in [0.2, 0.25) is 0 Å². The summed E-state index contributed by atoms with van der Waals surface area (Å²) in [5.41, 5.74) is 3.47. The smallest absolute Gasteiger partial charge is 0.325 e. The molecule has 0 aliphatic carbocycles. The molecule has 124 valence electrons. The van der Waals surface area contributed by atoms with E-state index in [2.05, 4.69) is 28.2 Å². The number of hydrogen-bond donors (Lipinski definition) is 3. The molecule has 0 aliphatic heterocycles. The van der Waals surface area contributed by atoms with Crippen molar-refractivity contribution in [2.45, 2.75) is 19.3 Å². The maximum absolute atomic E-state index is 11.2. The van der Waals surface area contributed by atoms with Crippen molar-refractivity contribution in [3.63, 3.8) is 0 Å². The van der Waals surface area contributed by atoms with Crippen molar-refractivity contribution in [3.05, 3.63) is 81.4 Å². The van der Waals surface area contributed by atoms with Crippen molar-refractivity contribution in [2.24, 2.45) is 0 Å². The molecule has 1 heterocycles. The first-order valence-electron chi connectivity index (χ1n) is 7.85. The predicted octanol–water partition coefficient (Wildman–Crippen LogP) is 2.79. The van der Waals surface area contributed by atoms with Crippen LogP contribution in [-0.4, -0.2) is 22.2 Å². The van der Waals surface area contributed by atoms with Crippen LogP contribution in [-0.2, 0) is 19.3 Å². The lowest BCUT2D eigenvalue weighted by atomic mass is 10.00. The molecule has 0 amide bonds. The number of nitrogens with one attached hydrogen (secondary N) is 2. The molecule has 0 saturated heterocycles. The normalized spacial score (nSPS) is 10.7. The van der Waals surface area contributed by atoms with E-state index in [1.807, 2.05) is 30.3 Å². The first kappa shape index (κ1) is 15.9. The van der Waals surface area contributed by atoms with Gasteiger partial charge in [-0.2, -0.15) is 0 Å². The van der Waals surface area contributed by atoms with E-state index >= 15 is 0 Å². The lowest BCUT2D eigenvalue weighted by molar-refractivity contribution is 0.409. The van der Waals surface area contributed by atoms with Gasteiger partial charge in [-0.25, -0.2) is 4.79 Å². The SMILES string of the molecule is COc1ccc(Cc2[nH]c(=O)[nH]c2O)cc1CCc1ccccc1. The van der Waals surface area contributed by atoms with Gasteiger partial charge in [0.25, 0.3) is 0 Å². The Bertz CT molecular complexity index is 866. The van der Waals surface area contributed by atoms with E-state index in [4.69, 9.17) is 4.74 Å². The number of aromatic hydroxyl groups is 1. The summed E-state index contributed by atoms with van der Waals surface area (Å²) < 4.78 is 5.45. The van der Waals surface area contributed by atoms with Crippen LogP contribution >= 0.6 is 0 Å². The Hall–Kier alpha value is -2.95. The number of aryl methyl sites for hydroxylation is 2. The van der Waals surface area contributed by atoms with Crippen LogP contribution in [0.5, 0.6) is 11.6 Å². The first-order valence-corrected chi connectivity index (χ1v) is 7.85. The molecule has 3 N–H and O–H groups in total. The van der Waals surface area contributed by atoms with Crippen LogP contribution in [0, 0.1) is 0 Å². The number of aromatic amines is 2. The van der Waals surface area contributed by atoms with Crippen molar-refractivity contribution < 1.29 is 9.84 Å². The topological polar surface area (TPSA) is 78.1 Å². The Labute approximate surface area is 140 Å². The summed E-state index contributed by atoms with van der Waals surface area (Å²) in [5.74, 6) is 0.739. The third kappa shape index (κ3) is 3.68. The van der Waals surface area contributed by atoms with Gasteiger partial charge < -0.3 is 14.8 Å². The minimum absolute atomic E-state index is 0.110. The molecule has 1 aromatic heterocycles. The highest BCUT2D eigenvalue weighted by Crippen LogP contribution is 2.24. The molecule has 3 aromatic rings. The van der Waals surface area contributed by atoms with Gasteiger partial charge in [-0.15, -0.1) is 0 Å². The molecule has 5 nitrogen and oxygen atoms in total. The zero-order chi connectivity index (χ0) is 16.9. The van der Waals surface area contributed by atoms with Crippen LogP contribution in [0.1, 0.15) is 22.4 Å². The molecule has 2 aromatic carbocycles. The summed E-state index contributed by atoms with van der Waals surface area (Å²) in [7, 11) is 1.66. The fourth-order valence-electron chi connectivity index (χ4n) is 2.80. The molecule has 0 saturated carbocycles. The maximum Gasteiger partial charge on any atom is 0.325 e. The van der Waals surface area contributed by atoms with E-state index in [0.29, 0.717) is 12.1 Å². The standard InChI is InChI=1S/C19H20N2O3/c1-24-17-10-8-14(12-16-18(22)21-19(23)20-16)11-15(17)9-7-13-5-3-2-4-6-13/h2-6,8,10-11,22H,7,9,12H2,1H3,(H2,20,21,23). The van der Waals surface area contributed by atoms with E-state index in [0.717, 1.165) is 29.7 Å². The van der Waals surface area contributed by atoms with Gasteiger partial charge in [0.15, 0.2) is 0 Å². The molecule has 0 atom stereocenters. The van der Waals surface area contributed by atoms with Gasteiger partial charge >= 0.3 is 5.69 Å². The summed E-state index contributed by atoms with van der Waals surface area (Å²) in [4.78, 5) is 16.2. The summed E-state index contributed by atoms with van der Waals surface area (Å²) in [5, 5.41) is 9.70. The Morgan fingerprint density at radius 1 is 1.00 bits per heavy atom. The number of aromatic nitrogens is 2. The van der Waals surface area contributed by atoms with E-state index in [9.17, 15) is 9.90 Å². The molecule has 3 rings (SSSR count). The van der Waals surface area contributed by atoms with Gasteiger partial charge in [0.1, 0.15) is 5.75 Å². The van der Waals surface area contributed by atoms with Gasteiger partial charge in [0.05, 0.1) is 12.8 Å². The molecule has 0 bridgehead atoms. The van der Waals surface area contributed by atoms with Crippen LogP contribution in [0.15, 0.2) is 53.3 Å². The second-order valence-electron chi connectivity index (χ2n) is 5.71. The molecule has 5 heteroatoms. The highest BCUT2D eigenvalue weighted by molar-refractivity contribution is 5.40. The highest BCUT2D eigenvalue weighted by atomic mass is 16.5. The minimum atomic E-state index is -0.402. The molecule has 0 fully saturated rings. The van der Waals surface area contributed by atoms with Gasteiger partial charge in [0.2, 0.25) is 5.88 Å². The van der Waals surface area contributed by atoms with Crippen LogP contribution in [0.4, 0.5) is 0 Å². The largest absolute Gasteiger partial charge is 0.496 e. The number of H-pyrrole nitrogens is 2. The van der Waals surface area contributed by atoms with E-state index in [-0.39, 0.29) is 5.88 Å². The minimum Gasteiger partial charge on any atom is -0.496 e. The van der Waals surface area contributed by atoms with Crippen LogP contribution in [0.25, 0.3) is 0 Å². The van der Waals surface area contributed by atoms with E-state index in [1.54, 1.807) is 7.11 Å². The fraction of sp³-hybridized carbons (Fsp3) is 0.211. The van der Waals surface area contributed by atoms with Gasteiger partial charge in [-0.3, -0.25) is 4.98 Å². The van der Waals surface area contributed by atoms with E-state index in [1.165, 1.54) is 5.56 Å². The monoisotopic (exact) mass is 324 g/mol. The molecule has 0 radical (unpaired) electrons. The lowest BCUT2D eigenvalue weighted by Gasteiger charge is -2.11. The first-order chi connectivity index (χ1) is 11.7. The quantitative estimate of drug-likeness (QED) is 0.652. The van der Waals surface area contributed by atoms with Crippen molar-refractivity contribution in [2.75, 3.05) is 7.11 Å². The molecule has 0 unspecified atom stereocenters. The lowest BCUT2D eigenvalue weighted by Crippen LogP contribution is -2.02. The number of hydrogen-bond acceptors (Lipinski definition) is 3. The molecule has 24 heavy (non-hydrogen) atoms. The Morgan fingerprint density at radius 3 is 2.46 bits per heavy atom. The molecular weight excluding hydrogens is 304 g/mol. The average molecular weight is 324 g/mol. The highest BCUT2D eigenvalue weighted by Gasteiger charge is 2.10. The van der Waals surface area contributed by atoms with Gasteiger partial charge in [-0.1, -0.05) is 42.5 Å². The summed E-state index contributed by atoms with van der Waals surface area (Å²) in [6, 6.07) is 16.2. The predicted molar refractivity (Wildman–Crippen MR) is 92.7 cm³/mol. The Kier molecular flexibility index (Phi) is 4.70. The zero-order valence-corrected chi connectivity index (χ0v) is 13.5. The average Bonchev–Trinajstić information content (AvgIpc) is 2.91. The van der Waals surface area contributed by atoms with Crippen LogP contribution in [0.3, 0.4) is 0 Å². The summed E-state index contributed by atoms with van der Waals surface area (Å²) in [6.45, 7) is 0.